The molecule has 0 saturated heterocycles. The minimum absolute atomic E-state index is 0.286. The number of Topliss-reactive ketones (excluding diaryl/α,β-unsaturated/α-hetero) is 1. The summed E-state index contributed by atoms with van der Waals surface area (Å²) in [5.41, 5.74) is 1.68. The molecule has 60 valence electrons. The molecule has 0 amide bonds. The van der Waals surface area contributed by atoms with Crippen molar-refractivity contribution in [1.29, 1.82) is 0 Å². The van der Waals surface area contributed by atoms with E-state index in [2.05, 4.69) is 19.9 Å². The van der Waals surface area contributed by atoms with Gasteiger partial charge in [0, 0.05) is 12.3 Å². The predicted octanol–water partition coefficient (Wildman–Crippen LogP) is 2.32. The van der Waals surface area contributed by atoms with Crippen LogP contribution in [0, 0.1) is 11.3 Å². The Kier molecular flexibility index (Phi) is 1.26. The Hall–Kier alpha value is -0.590. The minimum Gasteiger partial charge on any atom is -0.299 e. The first kappa shape index (κ1) is 7.08. The zero-order chi connectivity index (χ0) is 8.06. The van der Waals surface area contributed by atoms with Gasteiger partial charge in [-0.3, -0.25) is 4.79 Å². The van der Waals surface area contributed by atoms with Crippen LogP contribution in [0.25, 0.3) is 0 Å². The number of hydrogen-bond donors (Lipinski definition) is 0. The first-order valence-corrected chi connectivity index (χ1v) is 4.33. The maximum Gasteiger partial charge on any atom is 0.140 e. The van der Waals surface area contributed by atoms with Crippen LogP contribution >= 0.6 is 0 Å². The van der Waals surface area contributed by atoms with Crippen molar-refractivity contribution >= 4 is 5.78 Å². The Bertz CT molecular complexity index is 239. The molecule has 2 atom stereocenters. The number of rotatable bonds is 0. The third-order valence-corrected chi connectivity index (χ3v) is 3.13. The Morgan fingerprint density at radius 1 is 1.64 bits per heavy atom. The van der Waals surface area contributed by atoms with E-state index in [0.717, 1.165) is 19.3 Å². The van der Waals surface area contributed by atoms with E-state index in [0.29, 0.717) is 11.2 Å². The molecule has 0 N–H and O–H groups in total. The van der Waals surface area contributed by atoms with Gasteiger partial charge in [0.1, 0.15) is 5.78 Å². The van der Waals surface area contributed by atoms with E-state index in [1.165, 1.54) is 5.57 Å². The summed E-state index contributed by atoms with van der Waals surface area (Å²) in [7, 11) is 0. The number of allylic oxidation sites excluding steroid dienone is 2. The van der Waals surface area contributed by atoms with Crippen molar-refractivity contribution in [1.82, 2.24) is 0 Å². The molecule has 0 aromatic carbocycles. The molecule has 2 bridgehead atoms. The van der Waals surface area contributed by atoms with Gasteiger partial charge in [-0.05, 0) is 25.2 Å². The van der Waals surface area contributed by atoms with E-state index < -0.39 is 0 Å². The van der Waals surface area contributed by atoms with E-state index in [1.54, 1.807) is 0 Å². The summed E-state index contributed by atoms with van der Waals surface area (Å²) < 4.78 is 0. The molecule has 2 unspecified atom stereocenters. The van der Waals surface area contributed by atoms with Crippen molar-refractivity contribution in [2.24, 2.45) is 11.3 Å². The van der Waals surface area contributed by atoms with Crippen molar-refractivity contribution in [2.75, 3.05) is 0 Å². The second-order valence-corrected chi connectivity index (χ2v) is 4.27. The highest BCUT2D eigenvalue weighted by Crippen LogP contribution is 2.47. The first-order chi connectivity index (χ1) is 5.11. The molecule has 0 aromatic rings. The monoisotopic (exact) mass is 150 g/mol. The van der Waals surface area contributed by atoms with Gasteiger partial charge in [0.2, 0.25) is 0 Å². The van der Waals surface area contributed by atoms with Gasteiger partial charge in [-0.25, -0.2) is 0 Å². The summed E-state index contributed by atoms with van der Waals surface area (Å²) in [4.78, 5) is 11.4. The summed E-state index contributed by atoms with van der Waals surface area (Å²) in [6.07, 6.45) is 5.26. The van der Waals surface area contributed by atoms with Crippen LogP contribution in [-0.2, 0) is 4.79 Å². The molecule has 2 aliphatic carbocycles. The zero-order valence-corrected chi connectivity index (χ0v) is 7.18. The third-order valence-electron chi connectivity index (χ3n) is 3.13. The molecule has 0 radical (unpaired) electrons. The van der Waals surface area contributed by atoms with Crippen molar-refractivity contribution in [3.63, 3.8) is 0 Å². The SMILES string of the molecule is CC1=CC2(C)CCC(=O)C1C2. The molecule has 2 aliphatic rings. The van der Waals surface area contributed by atoms with Crippen molar-refractivity contribution in [3.05, 3.63) is 11.6 Å². The van der Waals surface area contributed by atoms with Crippen LogP contribution in [0.2, 0.25) is 0 Å². The topological polar surface area (TPSA) is 17.1 Å². The van der Waals surface area contributed by atoms with Gasteiger partial charge in [0.25, 0.3) is 0 Å². The third kappa shape index (κ3) is 0.943. The van der Waals surface area contributed by atoms with Crippen LogP contribution in [-0.4, -0.2) is 5.78 Å². The lowest BCUT2D eigenvalue weighted by atomic mass is 9.76. The van der Waals surface area contributed by atoms with Gasteiger partial charge >= 0.3 is 0 Å². The highest BCUT2D eigenvalue weighted by atomic mass is 16.1. The van der Waals surface area contributed by atoms with E-state index in [4.69, 9.17) is 0 Å². The lowest BCUT2D eigenvalue weighted by Crippen LogP contribution is -2.25. The molecular formula is C10H14O. The van der Waals surface area contributed by atoms with E-state index in [9.17, 15) is 4.79 Å². The molecule has 1 nitrogen and oxygen atoms in total. The fourth-order valence-corrected chi connectivity index (χ4v) is 2.46. The van der Waals surface area contributed by atoms with Crippen LogP contribution < -0.4 is 0 Å². The van der Waals surface area contributed by atoms with E-state index in [-0.39, 0.29) is 5.92 Å². The van der Waals surface area contributed by atoms with Crippen molar-refractivity contribution in [3.8, 4) is 0 Å². The standard InChI is InChI=1S/C10H14O/c1-7-5-10(2)4-3-9(11)8(7)6-10/h5,8H,3-4,6H2,1-2H3. The lowest BCUT2D eigenvalue weighted by Gasteiger charge is -2.27. The quantitative estimate of drug-likeness (QED) is 0.484. The number of carbonyl (C=O) groups excluding carboxylic acids is 1. The molecule has 1 heteroatoms. The van der Waals surface area contributed by atoms with Gasteiger partial charge in [-0.1, -0.05) is 18.6 Å². The number of fused-ring (bicyclic) bond motifs is 2. The van der Waals surface area contributed by atoms with Gasteiger partial charge in [-0.15, -0.1) is 0 Å². The van der Waals surface area contributed by atoms with E-state index >= 15 is 0 Å². The molecule has 2 rings (SSSR count). The molecule has 11 heavy (non-hydrogen) atoms. The fraction of sp³-hybridized carbons (Fsp3) is 0.700. The maximum absolute atomic E-state index is 11.4. The number of ketones is 1. The van der Waals surface area contributed by atoms with Crippen LogP contribution in [0.15, 0.2) is 11.6 Å². The van der Waals surface area contributed by atoms with E-state index in [1.807, 2.05) is 0 Å². The minimum atomic E-state index is 0.286. The summed E-state index contributed by atoms with van der Waals surface area (Å²) in [6, 6.07) is 0. The predicted molar refractivity (Wildman–Crippen MR) is 44.2 cm³/mol. The molecule has 1 fully saturated rings. The Morgan fingerprint density at radius 2 is 2.36 bits per heavy atom. The average Bonchev–Trinajstić information content (AvgIpc) is 2.18. The van der Waals surface area contributed by atoms with Crippen LogP contribution in [0.1, 0.15) is 33.1 Å². The van der Waals surface area contributed by atoms with Gasteiger partial charge in [-0.2, -0.15) is 0 Å². The first-order valence-electron chi connectivity index (χ1n) is 4.33. The zero-order valence-electron chi connectivity index (χ0n) is 7.18. The smallest absolute Gasteiger partial charge is 0.140 e. The second kappa shape index (κ2) is 1.96. The normalized spacial score (nSPS) is 42.5. The second-order valence-electron chi connectivity index (χ2n) is 4.27. The molecule has 1 saturated carbocycles. The summed E-state index contributed by atoms with van der Waals surface area (Å²) in [5, 5.41) is 0. The number of carbonyl (C=O) groups is 1. The molecule has 0 heterocycles. The highest BCUT2D eigenvalue weighted by molar-refractivity contribution is 5.85. The Balaban J connectivity index is 2.35. The largest absolute Gasteiger partial charge is 0.299 e. The fourth-order valence-electron chi connectivity index (χ4n) is 2.46. The lowest BCUT2D eigenvalue weighted by molar-refractivity contribution is -0.124. The van der Waals surface area contributed by atoms with Gasteiger partial charge in [0.05, 0.1) is 0 Å². The van der Waals surface area contributed by atoms with Crippen LogP contribution in [0.3, 0.4) is 0 Å². The van der Waals surface area contributed by atoms with Gasteiger partial charge < -0.3 is 0 Å². The summed E-state index contributed by atoms with van der Waals surface area (Å²) in [5.74, 6) is 0.752. The molecule has 0 spiro atoms. The number of hydrogen-bond acceptors (Lipinski definition) is 1. The molecule has 0 aromatic heterocycles. The van der Waals surface area contributed by atoms with Crippen LogP contribution in [0.5, 0.6) is 0 Å². The van der Waals surface area contributed by atoms with Crippen LogP contribution in [0.4, 0.5) is 0 Å². The summed E-state index contributed by atoms with van der Waals surface area (Å²) >= 11 is 0. The van der Waals surface area contributed by atoms with Gasteiger partial charge in [0.15, 0.2) is 0 Å². The van der Waals surface area contributed by atoms with Crippen molar-refractivity contribution in [2.45, 2.75) is 33.1 Å². The molecular weight excluding hydrogens is 136 g/mol. The Morgan fingerprint density at radius 3 is 3.00 bits per heavy atom. The summed E-state index contributed by atoms with van der Waals surface area (Å²) in [6.45, 7) is 4.36. The highest BCUT2D eigenvalue weighted by Gasteiger charge is 2.41. The van der Waals surface area contributed by atoms with Crippen molar-refractivity contribution < 1.29 is 4.79 Å². The Labute approximate surface area is 67.5 Å². The average molecular weight is 150 g/mol. The maximum atomic E-state index is 11.4. The molecule has 0 aliphatic heterocycles.